The minimum atomic E-state index is -3.50. The molecule has 1 aliphatic heterocycles. The second kappa shape index (κ2) is 11.4. The number of sulfone groups is 1. The summed E-state index contributed by atoms with van der Waals surface area (Å²) in [6.07, 6.45) is 1.08. The molecule has 1 aliphatic rings. The van der Waals surface area contributed by atoms with Gasteiger partial charge in [-0.3, -0.25) is 9.69 Å². The number of anilines is 1. The van der Waals surface area contributed by atoms with E-state index in [2.05, 4.69) is 51.1 Å². The fourth-order valence-corrected chi connectivity index (χ4v) is 5.87. The van der Waals surface area contributed by atoms with Crippen molar-refractivity contribution in [2.24, 2.45) is 0 Å². The van der Waals surface area contributed by atoms with Gasteiger partial charge in [0.15, 0.2) is 5.03 Å². The fourth-order valence-electron chi connectivity index (χ4n) is 3.96. The van der Waals surface area contributed by atoms with Crippen LogP contribution in [0.4, 0.5) is 5.69 Å². The Hall–Kier alpha value is -2.82. The van der Waals surface area contributed by atoms with Gasteiger partial charge in [-0.25, -0.2) is 18.4 Å². The number of hydrogen-bond donors (Lipinski definition) is 1. The summed E-state index contributed by atoms with van der Waals surface area (Å²) in [4.78, 5) is 21.6. The molecule has 10 heteroatoms. The van der Waals surface area contributed by atoms with Crippen molar-refractivity contribution in [2.45, 2.75) is 36.7 Å². The number of hydrogen-bond acceptors (Lipinski definition) is 8. The lowest BCUT2D eigenvalue weighted by atomic mass is 10.2. The van der Waals surface area contributed by atoms with Gasteiger partial charge in [-0.1, -0.05) is 30.3 Å². The molecule has 2 aromatic heterocycles. The highest BCUT2D eigenvalue weighted by atomic mass is 32.2. The average molecular weight is 489 g/mol. The Labute approximate surface area is 198 Å². The summed E-state index contributed by atoms with van der Waals surface area (Å²) in [6.45, 7) is 4.62. The topological polar surface area (TPSA) is 104 Å². The van der Waals surface area contributed by atoms with Crippen LogP contribution in [0.15, 0.2) is 58.4 Å². The maximum atomic E-state index is 12.7. The number of nitrogens with zero attached hydrogens (tertiary/aromatic N) is 4. The third-order valence-electron chi connectivity index (χ3n) is 5.60. The zero-order valence-electron chi connectivity index (χ0n) is 18.7. The van der Waals surface area contributed by atoms with E-state index < -0.39 is 9.84 Å². The van der Waals surface area contributed by atoms with Crippen molar-refractivity contribution >= 4 is 33.3 Å². The predicted octanol–water partition coefficient (Wildman–Crippen LogP) is 3.23. The summed E-state index contributed by atoms with van der Waals surface area (Å²) in [7, 11) is -1.43. The van der Waals surface area contributed by atoms with Gasteiger partial charge in [-0.15, -0.1) is 11.3 Å². The van der Waals surface area contributed by atoms with Crippen LogP contribution in [-0.4, -0.2) is 61.0 Å². The Morgan fingerprint density at radius 1 is 1.24 bits per heavy atom. The molecule has 0 unspecified atom stereocenters. The minimum absolute atomic E-state index is 0.113. The molecule has 0 aliphatic carbocycles. The van der Waals surface area contributed by atoms with E-state index in [9.17, 15) is 8.42 Å². The van der Waals surface area contributed by atoms with Gasteiger partial charge in [0.2, 0.25) is 9.84 Å². The molecule has 1 fully saturated rings. The van der Waals surface area contributed by atoms with Crippen molar-refractivity contribution in [3.63, 3.8) is 0 Å². The van der Waals surface area contributed by atoms with Gasteiger partial charge in [0.1, 0.15) is 0 Å². The van der Waals surface area contributed by atoms with Gasteiger partial charge in [0, 0.05) is 38.1 Å². The van der Waals surface area contributed by atoms with Crippen LogP contribution < -0.4 is 4.90 Å². The number of carboxylic acid groups (broad SMARTS) is 1. The van der Waals surface area contributed by atoms with E-state index in [-0.39, 0.29) is 17.3 Å². The van der Waals surface area contributed by atoms with Gasteiger partial charge in [-0.2, -0.15) is 0 Å². The molecule has 1 aromatic carbocycles. The van der Waals surface area contributed by atoms with E-state index in [1.165, 1.54) is 16.9 Å². The lowest BCUT2D eigenvalue weighted by molar-refractivity contribution is -0.122. The first-order chi connectivity index (χ1) is 15.8. The van der Waals surface area contributed by atoms with Crippen LogP contribution >= 0.6 is 11.3 Å². The molecule has 4 rings (SSSR count). The second-order valence-electron chi connectivity index (χ2n) is 7.87. The Balaban J connectivity index is 0.000000968. The number of likely N-dealkylation sites (tertiary alicyclic amines) is 1. The molecule has 176 valence electrons. The maximum Gasteiger partial charge on any atom is 0.290 e. The molecule has 33 heavy (non-hydrogen) atoms. The molecule has 1 atom stereocenters. The molecule has 0 radical (unpaired) electrons. The van der Waals surface area contributed by atoms with Crippen LogP contribution in [0.2, 0.25) is 0 Å². The SMILES string of the molecule is Cc1nc(S(=O)(=O)Cc2cscn2)ccc1N(C)[C@H]1CCN(Cc2ccccc2)C1.O=CO. The summed E-state index contributed by atoms with van der Waals surface area (Å²) in [5, 5.41) is 8.76. The summed E-state index contributed by atoms with van der Waals surface area (Å²) < 4.78 is 25.4. The van der Waals surface area contributed by atoms with Gasteiger partial charge in [0.25, 0.3) is 6.47 Å². The molecule has 0 spiro atoms. The number of pyridine rings is 1. The van der Waals surface area contributed by atoms with Crippen LogP contribution in [0.25, 0.3) is 0 Å². The van der Waals surface area contributed by atoms with Gasteiger partial charge in [-0.05, 0) is 31.0 Å². The number of aromatic nitrogens is 2. The number of likely N-dealkylation sites (N-methyl/N-ethyl adjacent to an activating group) is 1. The molecule has 0 amide bonds. The van der Waals surface area contributed by atoms with Gasteiger partial charge < -0.3 is 10.0 Å². The highest BCUT2D eigenvalue weighted by Gasteiger charge is 2.27. The summed E-state index contributed by atoms with van der Waals surface area (Å²) in [5.74, 6) is -0.116. The third kappa shape index (κ3) is 6.59. The van der Waals surface area contributed by atoms with Crippen LogP contribution in [0.5, 0.6) is 0 Å². The zero-order valence-corrected chi connectivity index (χ0v) is 20.3. The monoisotopic (exact) mass is 488 g/mol. The van der Waals surface area contributed by atoms with Gasteiger partial charge in [0.05, 0.1) is 28.3 Å². The van der Waals surface area contributed by atoms with E-state index >= 15 is 0 Å². The minimum Gasteiger partial charge on any atom is -0.483 e. The van der Waals surface area contributed by atoms with Crippen LogP contribution in [0, 0.1) is 6.92 Å². The van der Waals surface area contributed by atoms with Crippen LogP contribution in [-0.2, 0) is 26.9 Å². The Morgan fingerprint density at radius 3 is 2.61 bits per heavy atom. The molecule has 0 bridgehead atoms. The lowest BCUT2D eigenvalue weighted by Gasteiger charge is -2.28. The first-order valence-corrected chi connectivity index (χ1v) is 13.1. The Kier molecular flexibility index (Phi) is 8.54. The Morgan fingerprint density at radius 2 is 1.97 bits per heavy atom. The molecular formula is C23H28N4O4S2. The number of rotatable bonds is 7. The molecular weight excluding hydrogens is 460 g/mol. The van der Waals surface area contributed by atoms with E-state index in [0.717, 1.165) is 37.4 Å². The largest absolute Gasteiger partial charge is 0.483 e. The van der Waals surface area contributed by atoms with Crippen molar-refractivity contribution in [3.8, 4) is 0 Å². The average Bonchev–Trinajstić information content (AvgIpc) is 3.46. The zero-order chi connectivity index (χ0) is 23.8. The number of carbonyl (C=O) groups is 1. The standard InChI is InChI=1S/C22H26N4O2S2.CH2O2/c1-17-21(8-9-22(24-17)30(27,28)15-19-14-29-16-23-19)25(2)20-10-11-26(13-20)12-18-6-4-3-5-7-18;2-1-3/h3-9,14,16,20H,10-13,15H2,1-2H3;1H,(H,2,3)/t20-;/m0./s1. The lowest BCUT2D eigenvalue weighted by Crippen LogP contribution is -2.35. The van der Waals surface area contributed by atoms with E-state index in [0.29, 0.717) is 11.7 Å². The Bertz CT molecular complexity index is 1140. The molecule has 3 heterocycles. The number of thiazole rings is 1. The molecule has 1 saturated heterocycles. The molecule has 1 N–H and O–H groups in total. The van der Waals surface area contributed by atoms with Crippen molar-refractivity contribution in [3.05, 3.63) is 70.3 Å². The second-order valence-corrected chi connectivity index (χ2v) is 10.5. The third-order valence-corrected chi connectivity index (χ3v) is 7.77. The van der Waals surface area contributed by atoms with Crippen LogP contribution in [0.1, 0.15) is 23.4 Å². The molecule has 8 nitrogen and oxygen atoms in total. The molecule has 3 aromatic rings. The maximum absolute atomic E-state index is 12.7. The summed E-state index contributed by atoms with van der Waals surface area (Å²) >= 11 is 1.39. The van der Waals surface area contributed by atoms with Crippen molar-refractivity contribution < 1.29 is 18.3 Å². The smallest absolute Gasteiger partial charge is 0.290 e. The summed E-state index contributed by atoms with van der Waals surface area (Å²) in [5.41, 5.74) is 5.25. The number of benzene rings is 1. The first-order valence-electron chi connectivity index (χ1n) is 10.5. The van der Waals surface area contributed by atoms with Crippen LogP contribution in [0.3, 0.4) is 0 Å². The molecule has 0 saturated carbocycles. The fraction of sp³-hybridized carbons (Fsp3) is 0.348. The van der Waals surface area contributed by atoms with Crippen molar-refractivity contribution in [2.75, 3.05) is 25.0 Å². The first kappa shape index (κ1) is 24.8. The van der Waals surface area contributed by atoms with E-state index in [1.54, 1.807) is 17.0 Å². The predicted molar refractivity (Wildman–Crippen MR) is 129 cm³/mol. The van der Waals surface area contributed by atoms with Gasteiger partial charge >= 0.3 is 0 Å². The number of aryl methyl sites for hydroxylation is 1. The quantitative estimate of drug-likeness (QED) is 0.506. The van der Waals surface area contributed by atoms with E-state index in [1.807, 2.05) is 19.1 Å². The normalized spacial score (nSPS) is 16.1. The highest BCUT2D eigenvalue weighted by molar-refractivity contribution is 7.90. The van der Waals surface area contributed by atoms with Crippen molar-refractivity contribution in [1.29, 1.82) is 0 Å². The highest BCUT2D eigenvalue weighted by Crippen LogP contribution is 2.26. The summed E-state index contributed by atoms with van der Waals surface area (Å²) in [6, 6.07) is 14.4. The van der Waals surface area contributed by atoms with E-state index in [4.69, 9.17) is 9.90 Å². The van der Waals surface area contributed by atoms with Crippen molar-refractivity contribution in [1.82, 2.24) is 14.9 Å².